The van der Waals surface area contributed by atoms with Crippen molar-refractivity contribution < 1.29 is 33.6 Å². The molecule has 0 aromatic heterocycles. The van der Waals surface area contributed by atoms with Crippen molar-refractivity contribution in [3.63, 3.8) is 0 Å². The summed E-state index contributed by atoms with van der Waals surface area (Å²) < 4.78 is 21.8. The molecule has 0 saturated carbocycles. The van der Waals surface area contributed by atoms with E-state index in [9.17, 15) is 25.0 Å². The summed E-state index contributed by atoms with van der Waals surface area (Å²) in [6, 6.07) is 17.9. The summed E-state index contributed by atoms with van der Waals surface area (Å²) in [6.45, 7) is 1.07. The zero-order valence-electron chi connectivity index (χ0n) is 22.0. The Labute approximate surface area is 253 Å². The van der Waals surface area contributed by atoms with E-state index in [4.69, 9.17) is 53.6 Å². The molecule has 5 rings (SSSR count). The second-order valence-corrected chi connectivity index (χ2v) is 9.55. The second-order valence-electron chi connectivity index (χ2n) is 8.73. The standard InChI is InChI=1S/C15H13ClN2O5.C13H9ClN2O4/c16-11-7-9(15-21-5-6-22-15)1-4-14(11)23-10-2-3-12(17)13(8-10)18(19)20;14-10-5-8(7-17)1-4-13(10)20-9-2-3-11(15)12(6-9)16(18)19/h1-4,7-8,15H,5-6,17H2;1-7H,15H2. The smallest absolute Gasteiger partial charge is 0.295 e. The molecule has 1 heterocycles. The maximum atomic E-state index is 10.9. The van der Waals surface area contributed by atoms with Gasteiger partial charge in [0.2, 0.25) is 0 Å². The SMILES string of the molecule is Nc1ccc(Oc2ccc(C3OCCO3)cc2Cl)cc1[N+](=O)[O-].Nc1ccc(Oc2ccc(C=O)cc2Cl)cc1[N+](=O)[O-]. The second kappa shape index (κ2) is 13.8. The van der Waals surface area contributed by atoms with Crippen LogP contribution in [-0.4, -0.2) is 29.3 Å². The van der Waals surface area contributed by atoms with Crippen LogP contribution < -0.4 is 20.9 Å². The van der Waals surface area contributed by atoms with Crippen molar-refractivity contribution in [2.45, 2.75) is 6.29 Å². The van der Waals surface area contributed by atoms with Crippen molar-refractivity contribution in [3.8, 4) is 23.0 Å². The van der Waals surface area contributed by atoms with Gasteiger partial charge in [-0.1, -0.05) is 29.3 Å². The van der Waals surface area contributed by atoms with Crippen LogP contribution in [0, 0.1) is 20.2 Å². The number of nitrogen functional groups attached to an aromatic ring is 2. The molecular formula is C28H22Cl2N4O9. The molecule has 0 amide bonds. The number of nitro groups is 2. The summed E-state index contributed by atoms with van der Waals surface area (Å²) in [6.07, 6.45) is 0.225. The average molecular weight is 629 g/mol. The van der Waals surface area contributed by atoms with E-state index in [1.54, 1.807) is 18.2 Å². The molecule has 1 aliphatic rings. The van der Waals surface area contributed by atoms with Crippen LogP contribution in [0.4, 0.5) is 22.7 Å². The lowest BCUT2D eigenvalue weighted by molar-refractivity contribution is -0.384. The maximum absolute atomic E-state index is 10.9. The molecule has 13 nitrogen and oxygen atoms in total. The summed E-state index contributed by atoms with van der Waals surface area (Å²) in [7, 11) is 0. The van der Waals surface area contributed by atoms with Crippen LogP contribution in [0.1, 0.15) is 22.2 Å². The molecule has 15 heteroatoms. The highest BCUT2D eigenvalue weighted by Crippen LogP contribution is 2.36. The van der Waals surface area contributed by atoms with Gasteiger partial charge < -0.3 is 30.4 Å². The highest BCUT2D eigenvalue weighted by atomic mass is 35.5. The molecule has 43 heavy (non-hydrogen) atoms. The molecular weight excluding hydrogens is 607 g/mol. The summed E-state index contributed by atoms with van der Waals surface area (Å²) in [4.78, 5) is 31.1. The fourth-order valence-electron chi connectivity index (χ4n) is 3.71. The van der Waals surface area contributed by atoms with Crippen molar-refractivity contribution in [1.29, 1.82) is 0 Å². The van der Waals surface area contributed by atoms with E-state index in [0.717, 1.165) is 5.56 Å². The van der Waals surface area contributed by atoms with Gasteiger partial charge in [0, 0.05) is 11.1 Å². The number of nitrogens with zero attached hydrogens (tertiary/aromatic N) is 2. The Bertz CT molecular complexity index is 1680. The number of carbonyl (C=O) groups is 1. The molecule has 0 aliphatic carbocycles. The Kier molecular flexibility index (Phi) is 9.95. The first-order chi connectivity index (χ1) is 20.5. The molecule has 1 fully saturated rings. The van der Waals surface area contributed by atoms with Gasteiger partial charge in [-0.2, -0.15) is 0 Å². The van der Waals surface area contributed by atoms with E-state index in [1.807, 2.05) is 0 Å². The number of hydrogen-bond donors (Lipinski definition) is 2. The molecule has 4 aromatic carbocycles. The molecule has 1 aliphatic heterocycles. The molecule has 0 unspecified atom stereocenters. The van der Waals surface area contributed by atoms with Gasteiger partial charge in [-0.3, -0.25) is 25.0 Å². The van der Waals surface area contributed by atoms with Crippen LogP contribution >= 0.6 is 23.2 Å². The lowest BCUT2D eigenvalue weighted by Crippen LogP contribution is -1.98. The number of benzene rings is 4. The van der Waals surface area contributed by atoms with Gasteiger partial charge in [0.25, 0.3) is 11.4 Å². The van der Waals surface area contributed by atoms with Gasteiger partial charge in [0.1, 0.15) is 40.7 Å². The summed E-state index contributed by atoms with van der Waals surface area (Å²) in [5, 5.41) is 22.3. The van der Waals surface area contributed by atoms with Crippen molar-refractivity contribution in [2.24, 2.45) is 0 Å². The van der Waals surface area contributed by atoms with Crippen molar-refractivity contribution in [3.05, 3.63) is 114 Å². The van der Waals surface area contributed by atoms with Gasteiger partial charge in [-0.05, 0) is 54.6 Å². The lowest BCUT2D eigenvalue weighted by atomic mass is 10.2. The number of nitro benzene ring substituents is 2. The van der Waals surface area contributed by atoms with Gasteiger partial charge in [-0.15, -0.1) is 0 Å². The number of ether oxygens (including phenoxy) is 4. The third-order valence-corrected chi connectivity index (χ3v) is 6.39. The Morgan fingerprint density at radius 1 is 0.744 bits per heavy atom. The minimum Gasteiger partial charge on any atom is -0.456 e. The van der Waals surface area contributed by atoms with Crippen LogP contribution in [-0.2, 0) is 9.47 Å². The first-order valence-electron chi connectivity index (χ1n) is 12.3. The van der Waals surface area contributed by atoms with E-state index in [1.165, 1.54) is 54.6 Å². The first-order valence-corrected chi connectivity index (χ1v) is 13.0. The fraction of sp³-hybridized carbons (Fsp3) is 0.107. The zero-order chi connectivity index (χ0) is 31.1. The number of nitrogens with two attached hydrogens (primary N) is 2. The quantitative estimate of drug-likeness (QED) is 0.0874. The topological polar surface area (TPSA) is 192 Å². The Balaban J connectivity index is 0.000000199. The normalized spacial score (nSPS) is 12.6. The predicted octanol–water partition coefficient (Wildman–Crippen LogP) is 7.10. The van der Waals surface area contributed by atoms with Crippen LogP contribution in [0.5, 0.6) is 23.0 Å². The largest absolute Gasteiger partial charge is 0.456 e. The lowest BCUT2D eigenvalue weighted by Gasteiger charge is -2.12. The van der Waals surface area contributed by atoms with Gasteiger partial charge in [0.15, 0.2) is 6.29 Å². The number of carbonyl (C=O) groups excluding carboxylic acids is 1. The van der Waals surface area contributed by atoms with Crippen LogP contribution in [0.3, 0.4) is 0 Å². The highest BCUT2D eigenvalue weighted by Gasteiger charge is 2.20. The number of anilines is 2. The molecule has 4 aromatic rings. The number of aldehydes is 1. The predicted molar refractivity (Wildman–Crippen MR) is 158 cm³/mol. The van der Waals surface area contributed by atoms with E-state index in [2.05, 4.69) is 0 Å². The maximum Gasteiger partial charge on any atom is 0.295 e. The minimum atomic E-state index is -0.598. The first kappa shape index (κ1) is 31.0. The van der Waals surface area contributed by atoms with E-state index < -0.39 is 16.1 Å². The van der Waals surface area contributed by atoms with Crippen molar-refractivity contribution in [1.82, 2.24) is 0 Å². The minimum absolute atomic E-state index is 0.0461. The molecule has 0 spiro atoms. The third kappa shape index (κ3) is 7.87. The Morgan fingerprint density at radius 2 is 1.23 bits per heavy atom. The zero-order valence-corrected chi connectivity index (χ0v) is 23.5. The van der Waals surface area contributed by atoms with Gasteiger partial charge >= 0.3 is 0 Å². The average Bonchev–Trinajstić information content (AvgIpc) is 3.52. The van der Waals surface area contributed by atoms with Crippen molar-refractivity contribution >= 4 is 52.2 Å². The van der Waals surface area contributed by atoms with Crippen molar-refractivity contribution in [2.75, 3.05) is 24.7 Å². The number of hydrogen-bond acceptors (Lipinski definition) is 11. The Morgan fingerprint density at radius 3 is 1.67 bits per heavy atom. The Hall–Kier alpha value is -4.95. The summed E-state index contributed by atoms with van der Waals surface area (Å²) in [5.74, 6) is 1.16. The van der Waals surface area contributed by atoms with Crippen LogP contribution in [0.15, 0.2) is 72.8 Å². The van der Waals surface area contributed by atoms with Crippen LogP contribution in [0.2, 0.25) is 10.0 Å². The van der Waals surface area contributed by atoms with Crippen LogP contribution in [0.25, 0.3) is 0 Å². The molecule has 0 radical (unpaired) electrons. The molecule has 0 bridgehead atoms. The summed E-state index contributed by atoms with van der Waals surface area (Å²) >= 11 is 12.1. The highest BCUT2D eigenvalue weighted by molar-refractivity contribution is 6.32. The van der Waals surface area contributed by atoms with E-state index in [-0.39, 0.29) is 45.0 Å². The monoisotopic (exact) mass is 628 g/mol. The van der Waals surface area contributed by atoms with Gasteiger partial charge in [-0.25, -0.2) is 0 Å². The third-order valence-electron chi connectivity index (χ3n) is 5.79. The van der Waals surface area contributed by atoms with E-state index >= 15 is 0 Å². The number of halogens is 2. The molecule has 1 saturated heterocycles. The number of rotatable bonds is 8. The molecule has 0 atom stereocenters. The molecule has 4 N–H and O–H groups in total. The van der Waals surface area contributed by atoms with E-state index in [0.29, 0.717) is 35.8 Å². The molecule has 222 valence electrons. The fourth-order valence-corrected chi connectivity index (χ4v) is 4.17. The summed E-state index contributed by atoms with van der Waals surface area (Å²) in [5.41, 5.74) is 11.9. The van der Waals surface area contributed by atoms with Gasteiger partial charge in [0.05, 0.1) is 45.2 Å².